The first kappa shape index (κ1) is 17.9. The van der Waals surface area contributed by atoms with Gasteiger partial charge >= 0.3 is 0 Å². The van der Waals surface area contributed by atoms with Gasteiger partial charge in [-0.3, -0.25) is 15.1 Å². The first-order valence-electron chi connectivity index (χ1n) is 6.96. The average Bonchev–Trinajstić information content (AvgIpc) is 2.75. The van der Waals surface area contributed by atoms with Crippen molar-refractivity contribution in [1.29, 1.82) is 5.41 Å². The van der Waals surface area contributed by atoms with E-state index in [1.807, 2.05) is 12.1 Å². The Labute approximate surface area is 136 Å². The second kappa shape index (κ2) is 7.71. The van der Waals surface area contributed by atoms with Crippen LogP contribution in [-0.2, 0) is 4.79 Å². The molecule has 1 heterocycles. The van der Waals surface area contributed by atoms with Crippen LogP contribution in [-0.4, -0.2) is 23.4 Å². The Morgan fingerprint density at radius 3 is 2.67 bits per heavy atom. The van der Waals surface area contributed by atoms with E-state index in [1.54, 1.807) is 0 Å². The molecule has 0 aliphatic carbocycles. The lowest BCUT2D eigenvalue weighted by Gasteiger charge is -2.22. The monoisotopic (exact) mass is 327 g/mol. The zero-order valence-electron chi connectivity index (χ0n) is 12.6. The predicted molar refractivity (Wildman–Crippen MR) is 94.2 cm³/mol. The number of anilines is 2. The molecule has 116 valence electrons. The molecule has 4 nitrogen and oxygen atoms in total. The summed E-state index contributed by atoms with van der Waals surface area (Å²) in [6.45, 7) is 7.23. The van der Waals surface area contributed by atoms with E-state index in [-0.39, 0.29) is 18.3 Å². The lowest BCUT2D eigenvalue weighted by molar-refractivity contribution is -0.115. The van der Waals surface area contributed by atoms with Crippen molar-refractivity contribution in [3.63, 3.8) is 0 Å². The highest BCUT2D eigenvalue weighted by atomic mass is 35.5. The Morgan fingerprint density at radius 1 is 1.43 bits per heavy atom. The molecule has 6 heteroatoms. The number of carbonyl (C=O) groups is 1. The Balaban J connectivity index is 0.00000220. The summed E-state index contributed by atoms with van der Waals surface area (Å²) < 4.78 is 0. The molecule has 21 heavy (non-hydrogen) atoms. The van der Waals surface area contributed by atoms with Crippen molar-refractivity contribution in [2.75, 3.05) is 22.5 Å². The Kier molecular flexibility index (Phi) is 6.55. The molecule has 1 aromatic carbocycles. The number of nitrogens with zero attached hydrogens (tertiary/aromatic N) is 1. The van der Waals surface area contributed by atoms with Crippen LogP contribution in [0.5, 0.6) is 0 Å². The molecule has 2 N–H and O–H groups in total. The van der Waals surface area contributed by atoms with Crippen LogP contribution < -0.4 is 10.2 Å². The van der Waals surface area contributed by atoms with Gasteiger partial charge in [0.15, 0.2) is 5.17 Å². The van der Waals surface area contributed by atoms with E-state index < -0.39 is 0 Å². The summed E-state index contributed by atoms with van der Waals surface area (Å²) in [4.78, 5) is 13.6. The second-order valence-corrected chi connectivity index (χ2v) is 6.14. The van der Waals surface area contributed by atoms with Gasteiger partial charge in [0.25, 0.3) is 0 Å². The summed E-state index contributed by atoms with van der Waals surface area (Å²) in [5.74, 6) is 0.675. The third-order valence-corrected chi connectivity index (χ3v) is 4.10. The molecule has 1 fully saturated rings. The third-order valence-electron chi connectivity index (χ3n) is 3.26. The molecule has 0 atom stereocenters. The fraction of sp³-hybridized carbons (Fsp3) is 0.467. The summed E-state index contributed by atoms with van der Waals surface area (Å²) in [5, 5.41) is 11.6. The van der Waals surface area contributed by atoms with Gasteiger partial charge in [0.05, 0.1) is 11.4 Å². The van der Waals surface area contributed by atoms with Crippen molar-refractivity contribution in [2.24, 2.45) is 0 Å². The van der Waals surface area contributed by atoms with Gasteiger partial charge in [-0.1, -0.05) is 38.6 Å². The molecule has 0 bridgehead atoms. The first-order valence-corrected chi connectivity index (χ1v) is 7.95. The van der Waals surface area contributed by atoms with E-state index in [9.17, 15) is 4.79 Å². The van der Waals surface area contributed by atoms with E-state index in [2.05, 4.69) is 32.2 Å². The summed E-state index contributed by atoms with van der Waals surface area (Å²) in [6.07, 6.45) is 1.05. The van der Waals surface area contributed by atoms with Crippen molar-refractivity contribution in [1.82, 2.24) is 0 Å². The van der Waals surface area contributed by atoms with Gasteiger partial charge in [0.1, 0.15) is 0 Å². The Bertz CT molecular complexity index is 518. The van der Waals surface area contributed by atoms with Crippen LogP contribution in [0.15, 0.2) is 18.2 Å². The fourth-order valence-corrected chi connectivity index (χ4v) is 2.94. The van der Waals surface area contributed by atoms with Gasteiger partial charge in [0.2, 0.25) is 5.91 Å². The van der Waals surface area contributed by atoms with E-state index in [4.69, 9.17) is 5.41 Å². The van der Waals surface area contributed by atoms with Crippen molar-refractivity contribution in [3.8, 4) is 0 Å². The zero-order chi connectivity index (χ0) is 14.7. The van der Waals surface area contributed by atoms with Crippen molar-refractivity contribution in [2.45, 2.75) is 33.1 Å². The molecule has 0 spiro atoms. The minimum atomic E-state index is -0.00505. The van der Waals surface area contributed by atoms with Gasteiger partial charge in [-0.2, -0.15) is 0 Å². The van der Waals surface area contributed by atoms with Crippen LogP contribution in [0, 0.1) is 5.41 Å². The summed E-state index contributed by atoms with van der Waals surface area (Å²) in [6, 6.07) is 6.09. The minimum absolute atomic E-state index is 0. The molecule has 1 aromatic rings. The predicted octanol–water partition coefficient (Wildman–Crippen LogP) is 4.07. The maximum absolute atomic E-state index is 12.0. The van der Waals surface area contributed by atoms with Crippen LogP contribution >= 0.6 is 24.2 Å². The number of nitrogens with one attached hydrogen (secondary N) is 2. The topological polar surface area (TPSA) is 56.2 Å². The molecule has 0 unspecified atom stereocenters. The highest BCUT2D eigenvalue weighted by Gasteiger charge is 2.30. The molecular formula is C15H22ClN3OS. The molecule has 1 saturated heterocycles. The first-order chi connectivity index (χ1) is 9.54. The average molecular weight is 328 g/mol. The number of amidine groups is 1. The van der Waals surface area contributed by atoms with E-state index in [0.717, 1.165) is 29.9 Å². The number of thioether (sulfide) groups is 1. The molecule has 0 saturated carbocycles. The Morgan fingerprint density at radius 2 is 2.14 bits per heavy atom. The summed E-state index contributed by atoms with van der Waals surface area (Å²) in [5.41, 5.74) is 2.96. The number of carbonyl (C=O) groups excluding carboxylic acids is 1. The van der Waals surface area contributed by atoms with Crippen LogP contribution in [0.2, 0.25) is 0 Å². The standard InChI is InChI=1S/C15H21N3OS.ClH/c1-4-7-17-11-5-6-12(10(2)3)13(8-11)18-14(19)9-20-15(18)16;/h5-6,8,10,16-17H,4,7,9H2,1-3H3;1H. The lowest BCUT2D eigenvalue weighted by atomic mass is 9.99. The molecule has 1 aliphatic heterocycles. The van der Waals surface area contributed by atoms with Gasteiger partial charge in [-0.25, -0.2) is 0 Å². The molecule has 1 aliphatic rings. The van der Waals surface area contributed by atoms with E-state index in [0.29, 0.717) is 16.8 Å². The van der Waals surface area contributed by atoms with Gasteiger partial charge in [0, 0.05) is 12.2 Å². The maximum Gasteiger partial charge on any atom is 0.243 e. The second-order valence-electron chi connectivity index (χ2n) is 5.18. The molecule has 0 aromatic heterocycles. The number of rotatable bonds is 5. The van der Waals surface area contributed by atoms with Crippen LogP contribution in [0.25, 0.3) is 0 Å². The smallest absolute Gasteiger partial charge is 0.243 e. The minimum Gasteiger partial charge on any atom is -0.385 e. The number of amides is 1. The summed E-state index contributed by atoms with van der Waals surface area (Å²) in [7, 11) is 0. The highest BCUT2D eigenvalue weighted by molar-refractivity contribution is 8.15. The number of hydrogen-bond acceptors (Lipinski definition) is 4. The molecule has 0 radical (unpaired) electrons. The largest absolute Gasteiger partial charge is 0.385 e. The normalized spacial score (nSPS) is 14.6. The SMILES string of the molecule is CCCNc1ccc(C(C)C)c(N2C(=N)SCC2=O)c1.Cl. The Hall–Kier alpha value is -1.20. The third kappa shape index (κ3) is 3.92. The number of halogens is 1. The number of benzene rings is 1. The van der Waals surface area contributed by atoms with Crippen LogP contribution in [0.4, 0.5) is 11.4 Å². The fourth-order valence-electron chi connectivity index (χ4n) is 2.22. The van der Waals surface area contributed by atoms with Crippen LogP contribution in [0.3, 0.4) is 0 Å². The van der Waals surface area contributed by atoms with Crippen molar-refractivity contribution < 1.29 is 4.79 Å². The lowest BCUT2D eigenvalue weighted by Crippen LogP contribution is -2.29. The van der Waals surface area contributed by atoms with E-state index in [1.165, 1.54) is 16.7 Å². The van der Waals surface area contributed by atoms with Gasteiger partial charge in [-0.05, 0) is 30.0 Å². The van der Waals surface area contributed by atoms with Crippen molar-refractivity contribution in [3.05, 3.63) is 23.8 Å². The van der Waals surface area contributed by atoms with Crippen molar-refractivity contribution >= 4 is 46.6 Å². The quantitative estimate of drug-likeness (QED) is 0.857. The maximum atomic E-state index is 12.0. The highest BCUT2D eigenvalue weighted by Crippen LogP contribution is 2.34. The van der Waals surface area contributed by atoms with Gasteiger partial charge in [-0.15, -0.1) is 12.4 Å². The molecule has 2 rings (SSSR count). The van der Waals surface area contributed by atoms with E-state index >= 15 is 0 Å². The number of hydrogen-bond donors (Lipinski definition) is 2. The summed E-state index contributed by atoms with van der Waals surface area (Å²) >= 11 is 1.29. The van der Waals surface area contributed by atoms with Gasteiger partial charge < -0.3 is 5.32 Å². The molecular weight excluding hydrogens is 306 g/mol. The zero-order valence-corrected chi connectivity index (χ0v) is 14.2. The molecule has 1 amide bonds. The van der Waals surface area contributed by atoms with Crippen LogP contribution in [0.1, 0.15) is 38.7 Å².